The minimum Gasteiger partial charge on any atom is -0.264 e. The maximum Gasteiger partial charge on any atom is 0.264 e. The summed E-state index contributed by atoms with van der Waals surface area (Å²) in [6.45, 7) is 3.40. The monoisotopic (exact) mass is 336 g/mol. The number of aromatic nitrogens is 2. The van der Waals surface area contributed by atoms with E-state index < -0.39 is 14.9 Å². The average molecular weight is 337 g/mol. The van der Waals surface area contributed by atoms with Gasteiger partial charge >= 0.3 is 0 Å². The number of nitrogens with zero attached hydrogens (tertiary/aromatic N) is 2. The van der Waals surface area contributed by atoms with Gasteiger partial charge in [-0.3, -0.25) is 4.68 Å². The molecule has 0 fully saturated rings. The third kappa shape index (κ3) is 2.97. The molecule has 0 radical (unpaired) electrons. The van der Waals surface area contributed by atoms with Crippen LogP contribution in [-0.4, -0.2) is 18.2 Å². The van der Waals surface area contributed by atoms with E-state index in [4.69, 9.17) is 22.3 Å². The van der Waals surface area contributed by atoms with Crippen molar-refractivity contribution in [3.8, 4) is 0 Å². The highest BCUT2D eigenvalue weighted by atomic mass is 35.7. The molecule has 0 amide bonds. The Morgan fingerprint density at radius 3 is 2.50 bits per heavy atom. The fraction of sp³-hybridized carbons (Fsp3) is 0.250. The van der Waals surface area contributed by atoms with Gasteiger partial charge in [0.1, 0.15) is 10.7 Å². The molecule has 0 unspecified atom stereocenters. The highest BCUT2D eigenvalue weighted by Crippen LogP contribution is 2.25. The average Bonchev–Trinajstić information content (AvgIpc) is 2.57. The van der Waals surface area contributed by atoms with Crippen LogP contribution in [0.25, 0.3) is 0 Å². The molecule has 0 N–H and O–H groups in total. The fourth-order valence-electron chi connectivity index (χ4n) is 2.00. The van der Waals surface area contributed by atoms with Crippen LogP contribution in [0.4, 0.5) is 4.39 Å². The molecule has 4 nitrogen and oxygen atoms in total. The first-order valence-electron chi connectivity index (χ1n) is 5.62. The second kappa shape index (κ2) is 5.35. The van der Waals surface area contributed by atoms with Gasteiger partial charge in [-0.05, 0) is 31.5 Å². The van der Waals surface area contributed by atoms with Crippen LogP contribution in [0.3, 0.4) is 0 Å². The van der Waals surface area contributed by atoms with Crippen LogP contribution in [-0.2, 0) is 15.6 Å². The second-order valence-corrected chi connectivity index (χ2v) is 7.24. The third-order valence-electron chi connectivity index (χ3n) is 2.89. The molecule has 108 valence electrons. The molecule has 0 aliphatic carbocycles. The molecule has 1 aromatic heterocycles. The van der Waals surface area contributed by atoms with Crippen molar-refractivity contribution in [1.29, 1.82) is 0 Å². The van der Waals surface area contributed by atoms with Crippen molar-refractivity contribution in [2.75, 3.05) is 0 Å². The molecule has 0 saturated heterocycles. The van der Waals surface area contributed by atoms with Gasteiger partial charge in [0, 0.05) is 15.7 Å². The highest BCUT2D eigenvalue weighted by molar-refractivity contribution is 8.13. The zero-order valence-corrected chi connectivity index (χ0v) is 13.0. The number of hydrogen-bond donors (Lipinski definition) is 0. The topological polar surface area (TPSA) is 52.0 Å². The van der Waals surface area contributed by atoms with E-state index in [1.54, 1.807) is 13.8 Å². The SMILES string of the molecule is Cc1nn(Cc2ccc(F)cc2Cl)c(C)c1S(=O)(=O)Cl. The summed E-state index contributed by atoms with van der Waals surface area (Å²) in [7, 11) is 1.52. The van der Waals surface area contributed by atoms with Gasteiger partial charge in [0.25, 0.3) is 9.05 Å². The van der Waals surface area contributed by atoms with Crippen molar-refractivity contribution < 1.29 is 12.8 Å². The van der Waals surface area contributed by atoms with Crippen molar-refractivity contribution >= 4 is 31.3 Å². The van der Waals surface area contributed by atoms with Crippen molar-refractivity contribution in [1.82, 2.24) is 9.78 Å². The molecular weight excluding hydrogens is 326 g/mol. The quantitative estimate of drug-likeness (QED) is 0.808. The molecule has 0 atom stereocenters. The van der Waals surface area contributed by atoms with E-state index in [2.05, 4.69) is 5.10 Å². The van der Waals surface area contributed by atoms with Gasteiger partial charge in [-0.15, -0.1) is 0 Å². The van der Waals surface area contributed by atoms with Gasteiger partial charge in [-0.2, -0.15) is 5.10 Å². The lowest BCUT2D eigenvalue weighted by Gasteiger charge is -2.07. The lowest BCUT2D eigenvalue weighted by molar-refractivity contribution is 0.607. The minimum absolute atomic E-state index is 0.00241. The molecule has 0 aliphatic rings. The van der Waals surface area contributed by atoms with Gasteiger partial charge in [0.2, 0.25) is 0 Å². The van der Waals surface area contributed by atoms with Gasteiger partial charge in [0.05, 0.1) is 17.9 Å². The van der Waals surface area contributed by atoms with Crippen molar-refractivity contribution in [3.63, 3.8) is 0 Å². The first-order valence-corrected chi connectivity index (χ1v) is 8.31. The largest absolute Gasteiger partial charge is 0.264 e. The van der Waals surface area contributed by atoms with Gasteiger partial charge in [-0.25, -0.2) is 12.8 Å². The van der Waals surface area contributed by atoms with E-state index in [1.165, 1.54) is 22.9 Å². The molecule has 0 bridgehead atoms. The predicted octanol–water partition coefficient (Wildman–Crippen LogP) is 3.27. The van der Waals surface area contributed by atoms with Crippen molar-refractivity contribution in [2.45, 2.75) is 25.3 Å². The summed E-state index contributed by atoms with van der Waals surface area (Å²) in [4.78, 5) is -0.00241. The minimum atomic E-state index is -3.86. The van der Waals surface area contributed by atoms with E-state index in [9.17, 15) is 12.8 Å². The standard InChI is InChI=1S/C12H11Cl2FN2O2S/c1-7-12(20(14,18)19)8(2)17(16-7)6-9-3-4-10(15)5-11(9)13/h3-5H,6H2,1-2H3. The summed E-state index contributed by atoms with van der Waals surface area (Å²) in [5.41, 5.74) is 1.37. The predicted molar refractivity (Wildman–Crippen MR) is 75.3 cm³/mol. The molecule has 2 rings (SSSR count). The molecule has 8 heteroatoms. The Morgan fingerprint density at radius 1 is 1.35 bits per heavy atom. The molecule has 0 saturated carbocycles. The smallest absolute Gasteiger partial charge is 0.264 e. The van der Waals surface area contributed by atoms with E-state index in [0.717, 1.165) is 0 Å². The maximum atomic E-state index is 13.0. The summed E-state index contributed by atoms with van der Waals surface area (Å²) in [6.07, 6.45) is 0. The molecule has 0 spiro atoms. The summed E-state index contributed by atoms with van der Waals surface area (Å²) in [5, 5.41) is 4.39. The van der Waals surface area contributed by atoms with Crippen LogP contribution in [0.2, 0.25) is 5.02 Å². The van der Waals surface area contributed by atoms with Crippen LogP contribution >= 0.6 is 22.3 Å². The zero-order chi connectivity index (χ0) is 15.1. The maximum absolute atomic E-state index is 13.0. The number of hydrogen-bond acceptors (Lipinski definition) is 3. The lowest BCUT2D eigenvalue weighted by atomic mass is 10.2. The fourth-order valence-corrected chi connectivity index (χ4v) is 3.75. The van der Waals surface area contributed by atoms with E-state index in [-0.39, 0.29) is 16.5 Å². The number of benzene rings is 1. The summed E-state index contributed by atoms with van der Waals surface area (Å²) in [6, 6.07) is 4.01. The highest BCUT2D eigenvalue weighted by Gasteiger charge is 2.22. The molecule has 0 aliphatic heterocycles. The molecule has 1 heterocycles. The van der Waals surface area contributed by atoms with Crippen LogP contribution in [0.5, 0.6) is 0 Å². The summed E-state index contributed by atoms with van der Waals surface area (Å²) < 4.78 is 37.4. The Kier molecular flexibility index (Phi) is 4.09. The van der Waals surface area contributed by atoms with Crippen LogP contribution < -0.4 is 0 Å². The second-order valence-electron chi connectivity index (χ2n) is 4.33. The van der Waals surface area contributed by atoms with Gasteiger partial charge in [0.15, 0.2) is 0 Å². The zero-order valence-electron chi connectivity index (χ0n) is 10.7. The lowest BCUT2D eigenvalue weighted by Crippen LogP contribution is -2.05. The normalized spacial score (nSPS) is 11.8. The Balaban J connectivity index is 2.46. The first-order chi connectivity index (χ1) is 9.20. The van der Waals surface area contributed by atoms with Crippen LogP contribution in [0.1, 0.15) is 17.0 Å². The van der Waals surface area contributed by atoms with E-state index in [0.29, 0.717) is 17.0 Å². The molecule has 20 heavy (non-hydrogen) atoms. The van der Waals surface area contributed by atoms with Gasteiger partial charge in [-0.1, -0.05) is 17.7 Å². The molecular formula is C12H11Cl2FN2O2S. The van der Waals surface area contributed by atoms with E-state index in [1.807, 2.05) is 0 Å². The van der Waals surface area contributed by atoms with Crippen molar-refractivity contribution in [3.05, 3.63) is 46.0 Å². The van der Waals surface area contributed by atoms with Crippen molar-refractivity contribution in [2.24, 2.45) is 0 Å². The Labute approximate surface area is 125 Å². The van der Waals surface area contributed by atoms with Crippen LogP contribution in [0.15, 0.2) is 23.1 Å². The Bertz CT molecular complexity index is 772. The number of rotatable bonds is 3. The third-order valence-corrected chi connectivity index (χ3v) is 4.79. The van der Waals surface area contributed by atoms with Gasteiger partial charge < -0.3 is 0 Å². The molecule has 2 aromatic rings. The van der Waals surface area contributed by atoms with E-state index >= 15 is 0 Å². The summed E-state index contributed by atoms with van der Waals surface area (Å²) in [5.74, 6) is -0.434. The van der Waals surface area contributed by atoms with Crippen LogP contribution in [0, 0.1) is 19.7 Å². The number of aryl methyl sites for hydroxylation is 1. The summed E-state index contributed by atoms with van der Waals surface area (Å²) >= 11 is 5.94. The Hall–Kier alpha value is -1.11. The Morgan fingerprint density at radius 2 is 2.00 bits per heavy atom. The first kappa shape index (κ1) is 15.3. The molecule has 1 aromatic carbocycles. The number of halogens is 3.